The van der Waals surface area contributed by atoms with Crippen LogP contribution in [-0.2, 0) is 20.8 Å². The zero-order valence-corrected chi connectivity index (χ0v) is 19.1. The number of aryl methyl sites for hydroxylation is 1. The zero-order valence-electron chi connectivity index (χ0n) is 18.4. The lowest BCUT2D eigenvalue weighted by Gasteiger charge is -2.10. The number of anilines is 2. The average Bonchev–Trinajstić information content (AvgIpc) is 2.84. The summed E-state index contributed by atoms with van der Waals surface area (Å²) in [5.41, 5.74) is 5.03. The number of amides is 3. The summed E-state index contributed by atoms with van der Waals surface area (Å²) in [7, 11) is 0. The van der Waals surface area contributed by atoms with Crippen LogP contribution in [0.3, 0.4) is 0 Å². The highest BCUT2D eigenvalue weighted by Crippen LogP contribution is 2.16. The van der Waals surface area contributed by atoms with Gasteiger partial charge in [0.2, 0.25) is 0 Å². The minimum absolute atomic E-state index is 0.136. The van der Waals surface area contributed by atoms with Crippen molar-refractivity contribution in [1.29, 1.82) is 0 Å². The first-order valence-electron chi connectivity index (χ1n) is 10.4. The number of para-hydroxylation sites is 1. The van der Waals surface area contributed by atoms with Gasteiger partial charge in [-0.1, -0.05) is 42.8 Å². The van der Waals surface area contributed by atoms with Crippen molar-refractivity contribution in [2.75, 3.05) is 17.2 Å². The Balaban J connectivity index is 1.44. The molecule has 9 heteroatoms. The predicted octanol–water partition coefficient (Wildman–Crippen LogP) is 4.01. The van der Waals surface area contributed by atoms with Gasteiger partial charge in [0, 0.05) is 16.4 Å². The number of rotatable bonds is 8. The van der Waals surface area contributed by atoms with E-state index in [1.807, 2.05) is 31.2 Å². The van der Waals surface area contributed by atoms with Crippen molar-refractivity contribution >= 4 is 46.9 Å². The highest BCUT2D eigenvalue weighted by atomic mass is 35.5. The molecule has 0 atom stereocenters. The first-order chi connectivity index (χ1) is 16.4. The molecule has 0 fully saturated rings. The lowest BCUT2D eigenvalue weighted by molar-refractivity contribution is -0.136. The van der Waals surface area contributed by atoms with E-state index in [1.54, 1.807) is 42.5 Å². The van der Waals surface area contributed by atoms with Gasteiger partial charge in [-0.15, -0.1) is 0 Å². The fourth-order valence-corrected chi connectivity index (χ4v) is 3.10. The van der Waals surface area contributed by atoms with Gasteiger partial charge in [0.15, 0.2) is 6.61 Å². The zero-order chi connectivity index (χ0) is 24.3. The third-order valence-electron chi connectivity index (χ3n) is 4.59. The molecule has 3 rings (SSSR count). The van der Waals surface area contributed by atoms with Crippen LogP contribution < -0.4 is 20.8 Å². The van der Waals surface area contributed by atoms with Crippen LogP contribution in [0, 0.1) is 0 Å². The first kappa shape index (κ1) is 24.5. The van der Waals surface area contributed by atoms with Crippen LogP contribution in [-0.4, -0.2) is 30.5 Å². The predicted molar refractivity (Wildman–Crippen MR) is 132 cm³/mol. The summed E-state index contributed by atoms with van der Waals surface area (Å²) in [5, 5.41) is 9.48. The van der Waals surface area contributed by atoms with Crippen molar-refractivity contribution in [2.45, 2.75) is 13.3 Å². The summed E-state index contributed by atoms with van der Waals surface area (Å²) >= 11 is 5.85. The molecule has 34 heavy (non-hydrogen) atoms. The molecule has 3 aromatic carbocycles. The van der Waals surface area contributed by atoms with E-state index in [0.29, 0.717) is 22.0 Å². The maximum atomic E-state index is 12.2. The summed E-state index contributed by atoms with van der Waals surface area (Å²) in [6.45, 7) is 1.89. The first-order valence-corrected chi connectivity index (χ1v) is 10.8. The second kappa shape index (κ2) is 12.2. The Bertz CT molecular complexity index is 1200. The molecule has 0 aliphatic carbocycles. The van der Waals surface area contributed by atoms with E-state index in [9.17, 15) is 14.4 Å². The Morgan fingerprint density at radius 1 is 0.941 bits per heavy atom. The normalized spacial score (nSPS) is 10.5. The van der Waals surface area contributed by atoms with E-state index in [0.717, 1.165) is 17.7 Å². The second-order valence-corrected chi connectivity index (χ2v) is 7.52. The maximum Gasteiger partial charge on any atom is 0.329 e. The molecule has 3 N–H and O–H groups in total. The summed E-state index contributed by atoms with van der Waals surface area (Å²) in [5.74, 6) is -1.55. The van der Waals surface area contributed by atoms with Gasteiger partial charge < -0.3 is 15.4 Å². The number of ether oxygens (including phenoxy) is 1. The van der Waals surface area contributed by atoms with E-state index in [2.05, 4.69) is 21.2 Å². The molecule has 0 heterocycles. The summed E-state index contributed by atoms with van der Waals surface area (Å²) in [6, 6.07) is 20.8. The Morgan fingerprint density at radius 3 is 2.44 bits per heavy atom. The van der Waals surface area contributed by atoms with Crippen LogP contribution in [0.2, 0.25) is 5.02 Å². The fraction of sp³-hybridized carbons (Fsp3) is 0.120. The van der Waals surface area contributed by atoms with E-state index in [-0.39, 0.29) is 12.5 Å². The maximum absolute atomic E-state index is 12.2. The second-order valence-electron chi connectivity index (χ2n) is 7.08. The van der Waals surface area contributed by atoms with Gasteiger partial charge in [-0.2, -0.15) is 5.10 Å². The Labute approximate surface area is 202 Å². The highest BCUT2D eigenvalue weighted by molar-refractivity contribution is 6.39. The van der Waals surface area contributed by atoms with Gasteiger partial charge in [-0.05, 0) is 66.1 Å². The van der Waals surface area contributed by atoms with Gasteiger partial charge in [-0.25, -0.2) is 5.43 Å². The minimum Gasteiger partial charge on any atom is -0.484 e. The van der Waals surface area contributed by atoms with Crippen molar-refractivity contribution in [3.63, 3.8) is 0 Å². The van der Waals surface area contributed by atoms with Crippen LogP contribution >= 0.6 is 11.6 Å². The third-order valence-corrected chi connectivity index (χ3v) is 4.83. The Hall–Kier alpha value is -4.17. The Morgan fingerprint density at radius 2 is 1.71 bits per heavy atom. The van der Waals surface area contributed by atoms with E-state index < -0.39 is 11.8 Å². The molecular weight excluding hydrogens is 456 g/mol. The molecule has 0 bridgehead atoms. The molecule has 0 aromatic heterocycles. The number of hydrazone groups is 1. The molecule has 0 aliphatic rings. The number of nitrogens with zero attached hydrogens (tertiary/aromatic N) is 1. The molecule has 0 saturated carbocycles. The van der Waals surface area contributed by atoms with Crippen molar-refractivity contribution in [1.82, 2.24) is 5.43 Å². The van der Waals surface area contributed by atoms with Crippen LogP contribution in [0.25, 0.3) is 0 Å². The van der Waals surface area contributed by atoms with Crippen LogP contribution in [0.1, 0.15) is 18.1 Å². The van der Waals surface area contributed by atoms with Crippen molar-refractivity contribution in [2.24, 2.45) is 5.10 Å². The van der Waals surface area contributed by atoms with E-state index >= 15 is 0 Å². The minimum atomic E-state index is -0.924. The molecule has 8 nitrogen and oxygen atoms in total. The fourth-order valence-electron chi connectivity index (χ4n) is 2.91. The Kier molecular flexibility index (Phi) is 8.76. The van der Waals surface area contributed by atoms with Crippen LogP contribution in [0.5, 0.6) is 5.75 Å². The van der Waals surface area contributed by atoms with Gasteiger partial charge in [0.1, 0.15) is 5.75 Å². The number of hydrogen-bond donors (Lipinski definition) is 3. The van der Waals surface area contributed by atoms with E-state index in [4.69, 9.17) is 16.3 Å². The molecule has 3 aromatic rings. The molecule has 0 saturated heterocycles. The smallest absolute Gasteiger partial charge is 0.329 e. The molecule has 0 unspecified atom stereocenters. The average molecular weight is 479 g/mol. The van der Waals surface area contributed by atoms with Crippen LogP contribution in [0.15, 0.2) is 77.9 Å². The van der Waals surface area contributed by atoms with Gasteiger partial charge >= 0.3 is 11.8 Å². The summed E-state index contributed by atoms with van der Waals surface area (Å²) in [4.78, 5) is 35.9. The third kappa shape index (κ3) is 7.46. The molecule has 174 valence electrons. The number of hydrogen-bond acceptors (Lipinski definition) is 5. The van der Waals surface area contributed by atoms with Gasteiger partial charge in [-0.3, -0.25) is 14.4 Å². The molecule has 0 radical (unpaired) electrons. The topological polar surface area (TPSA) is 109 Å². The quantitative estimate of drug-likeness (QED) is 0.258. The summed E-state index contributed by atoms with van der Waals surface area (Å²) < 4.78 is 5.52. The molecule has 0 aliphatic heterocycles. The van der Waals surface area contributed by atoms with Crippen LogP contribution in [0.4, 0.5) is 11.4 Å². The van der Waals surface area contributed by atoms with E-state index in [1.165, 1.54) is 12.3 Å². The van der Waals surface area contributed by atoms with Crippen molar-refractivity contribution in [3.05, 3.63) is 88.9 Å². The SMILES string of the molecule is CCc1ccccc1NC(=O)COc1ccc(/C=N\NC(=O)C(=O)Nc2cccc(Cl)c2)cc1. The molecule has 3 amide bonds. The standard InChI is InChI=1S/C25H23ClN4O4/c1-2-18-6-3-4-9-22(18)29-23(31)16-34-21-12-10-17(11-13-21)15-27-30-25(33)24(32)28-20-8-5-7-19(26)14-20/h3-15H,2,16H2,1H3,(H,28,32)(H,29,31)(H,30,33)/b27-15-. The lowest BCUT2D eigenvalue weighted by Crippen LogP contribution is -2.32. The monoisotopic (exact) mass is 478 g/mol. The number of carbonyl (C=O) groups excluding carboxylic acids is 3. The number of carbonyl (C=O) groups is 3. The van der Waals surface area contributed by atoms with Gasteiger partial charge in [0.25, 0.3) is 5.91 Å². The number of nitrogens with one attached hydrogen (secondary N) is 3. The number of benzene rings is 3. The van der Waals surface area contributed by atoms with Gasteiger partial charge in [0.05, 0.1) is 6.21 Å². The lowest BCUT2D eigenvalue weighted by atomic mass is 10.1. The largest absolute Gasteiger partial charge is 0.484 e. The molecule has 0 spiro atoms. The van der Waals surface area contributed by atoms with Crippen molar-refractivity contribution in [3.8, 4) is 5.75 Å². The summed E-state index contributed by atoms with van der Waals surface area (Å²) in [6.07, 6.45) is 2.19. The number of halogens is 1. The van der Waals surface area contributed by atoms with Crippen molar-refractivity contribution < 1.29 is 19.1 Å². The molecular formula is C25H23ClN4O4. The highest BCUT2D eigenvalue weighted by Gasteiger charge is 2.13.